The van der Waals surface area contributed by atoms with E-state index in [9.17, 15) is 4.79 Å². The number of aryl methyl sites for hydroxylation is 1. The number of nitrogens with zero attached hydrogens (tertiary/aromatic N) is 4. The minimum Gasteiger partial charge on any atom is -0.324 e. The molecule has 2 aromatic heterocycles. The van der Waals surface area contributed by atoms with Crippen molar-refractivity contribution in [2.75, 3.05) is 11.1 Å². The molecule has 0 saturated carbocycles. The molecule has 4 aromatic rings. The van der Waals surface area contributed by atoms with Gasteiger partial charge in [-0.05, 0) is 42.8 Å². The average molecular weight is 436 g/mol. The molecule has 8 heteroatoms. The minimum atomic E-state index is -0.171. The molecule has 6 nitrogen and oxygen atoms in total. The molecule has 150 valence electrons. The third-order valence-electron chi connectivity index (χ3n) is 4.39. The summed E-state index contributed by atoms with van der Waals surface area (Å²) in [6, 6.07) is 18.9. The number of anilines is 1. The largest absolute Gasteiger partial charge is 0.324 e. The number of rotatable bonds is 6. The highest BCUT2D eigenvalue weighted by molar-refractivity contribution is 7.99. The van der Waals surface area contributed by atoms with Gasteiger partial charge in [0.05, 0.1) is 22.2 Å². The van der Waals surface area contributed by atoms with E-state index in [-0.39, 0.29) is 11.7 Å². The summed E-state index contributed by atoms with van der Waals surface area (Å²) >= 11 is 7.44. The van der Waals surface area contributed by atoms with Gasteiger partial charge in [0.25, 0.3) is 0 Å². The van der Waals surface area contributed by atoms with Crippen molar-refractivity contribution >= 4 is 35.0 Å². The van der Waals surface area contributed by atoms with Gasteiger partial charge in [-0.1, -0.05) is 53.7 Å². The van der Waals surface area contributed by atoms with Crippen molar-refractivity contribution in [3.63, 3.8) is 0 Å². The molecule has 0 atom stereocenters. The van der Waals surface area contributed by atoms with Gasteiger partial charge in [0.1, 0.15) is 0 Å². The van der Waals surface area contributed by atoms with Crippen molar-refractivity contribution in [1.29, 1.82) is 0 Å². The Labute approximate surface area is 183 Å². The summed E-state index contributed by atoms with van der Waals surface area (Å²) in [6.07, 6.45) is 3.46. The Bertz CT molecular complexity index is 1180. The molecular weight excluding hydrogens is 418 g/mol. The summed E-state index contributed by atoms with van der Waals surface area (Å²) in [6.45, 7) is 2.03. The fraction of sp³-hybridized carbons (Fsp3) is 0.0909. The zero-order valence-corrected chi connectivity index (χ0v) is 17.7. The zero-order chi connectivity index (χ0) is 20.9. The van der Waals surface area contributed by atoms with Crippen LogP contribution in [0.3, 0.4) is 0 Å². The van der Waals surface area contributed by atoms with Crippen molar-refractivity contribution < 1.29 is 4.79 Å². The number of hydrogen-bond donors (Lipinski definition) is 1. The highest BCUT2D eigenvalue weighted by Crippen LogP contribution is 2.29. The van der Waals surface area contributed by atoms with Crippen LogP contribution >= 0.6 is 23.4 Å². The first-order chi connectivity index (χ1) is 14.6. The first-order valence-corrected chi connectivity index (χ1v) is 10.6. The molecule has 0 spiro atoms. The summed E-state index contributed by atoms with van der Waals surface area (Å²) in [5.74, 6) is 0.671. The molecule has 0 saturated heterocycles. The van der Waals surface area contributed by atoms with Crippen LogP contribution in [0.4, 0.5) is 5.69 Å². The van der Waals surface area contributed by atoms with Crippen LogP contribution in [0.1, 0.15) is 5.56 Å². The number of halogens is 1. The Hall–Kier alpha value is -3.16. The number of carbonyl (C=O) groups is 1. The van der Waals surface area contributed by atoms with Crippen LogP contribution in [0.25, 0.3) is 17.1 Å². The van der Waals surface area contributed by atoms with Gasteiger partial charge in [0.15, 0.2) is 11.0 Å². The fourth-order valence-corrected chi connectivity index (χ4v) is 3.88. The molecule has 0 radical (unpaired) electrons. The summed E-state index contributed by atoms with van der Waals surface area (Å²) in [4.78, 5) is 16.7. The minimum absolute atomic E-state index is 0.169. The van der Waals surface area contributed by atoms with Gasteiger partial charge in [-0.25, -0.2) is 0 Å². The van der Waals surface area contributed by atoms with E-state index < -0.39 is 0 Å². The second-order valence-corrected chi connectivity index (χ2v) is 7.84. The topological polar surface area (TPSA) is 72.7 Å². The number of nitrogens with one attached hydrogen (secondary N) is 1. The summed E-state index contributed by atoms with van der Waals surface area (Å²) < 4.78 is 1.96. The first-order valence-electron chi connectivity index (χ1n) is 9.22. The molecule has 1 N–H and O–H groups in total. The number of thioether (sulfide) groups is 1. The maximum absolute atomic E-state index is 12.5. The average Bonchev–Trinajstić information content (AvgIpc) is 3.18. The quantitative estimate of drug-likeness (QED) is 0.430. The first kappa shape index (κ1) is 20.1. The van der Waals surface area contributed by atoms with Gasteiger partial charge < -0.3 is 5.32 Å². The maximum atomic E-state index is 12.5. The van der Waals surface area contributed by atoms with Gasteiger partial charge in [-0.2, -0.15) is 0 Å². The number of benzene rings is 2. The number of aromatic nitrogens is 4. The number of carbonyl (C=O) groups excluding carboxylic acids is 1. The van der Waals surface area contributed by atoms with Gasteiger partial charge in [0, 0.05) is 18.0 Å². The molecule has 2 aromatic carbocycles. The lowest BCUT2D eigenvalue weighted by molar-refractivity contribution is -0.113. The maximum Gasteiger partial charge on any atom is 0.234 e. The predicted octanol–water partition coefficient (Wildman–Crippen LogP) is 5.02. The van der Waals surface area contributed by atoms with E-state index in [1.807, 2.05) is 60.0 Å². The smallest absolute Gasteiger partial charge is 0.234 e. The molecule has 1 amide bonds. The molecule has 2 heterocycles. The molecule has 0 bridgehead atoms. The zero-order valence-electron chi connectivity index (χ0n) is 16.1. The Balaban J connectivity index is 1.62. The Kier molecular flexibility index (Phi) is 6.11. The van der Waals surface area contributed by atoms with Gasteiger partial charge in [-0.15, -0.1) is 10.2 Å². The lowest BCUT2D eigenvalue weighted by Gasteiger charge is -2.13. The molecule has 0 aliphatic carbocycles. The molecular formula is C22H18ClN5OS. The number of pyridine rings is 1. The Morgan fingerprint density at radius 3 is 2.63 bits per heavy atom. The van der Waals surface area contributed by atoms with Crippen molar-refractivity contribution in [2.45, 2.75) is 12.1 Å². The van der Waals surface area contributed by atoms with Crippen LogP contribution in [-0.2, 0) is 4.79 Å². The molecule has 0 aliphatic heterocycles. The van der Waals surface area contributed by atoms with E-state index in [2.05, 4.69) is 20.5 Å². The van der Waals surface area contributed by atoms with E-state index >= 15 is 0 Å². The summed E-state index contributed by atoms with van der Waals surface area (Å²) in [7, 11) is 0. The highest BCUT2D eigenvalue weighted by Gasteiger charge is 2.18. The normalized spacial score (nSPS) is 10.7. The van der Waals surface area contributed by atoms with E-state index in [0.717, 1.165) is 16.8 Å². The third-order valence-corrected chi connectivity index (χ3v) is 5.65. The van der Waals surface area contributed by atoms with Crippen molar-refractivity contribution in [1.82, 2.24) is 19.7 Å². The van der Waals surface area contributed by atoms with E-state index in [1.54, 1.807) is 24.5 Å². The molecule has 0 aliphatic rings. The van der Waals surface area contributed by atoms with E-state index in [0.29, 0.717) is 21.7 Å². The predicted molar refractivity (Wildman–Crippen MR) is 120 cm³/mol. The monoisotopic (exact) mass is 435 g/mol. The van der Waals surface area contributed by atoms with E-state index in [1.165, 1.54) is 11.8 Å². The van der Waals surface area contributed by atoms with Crippen molar-refractivity contribution in [3.05, 3.63) is 83.6 Å². The highest BCUT2D eigenvalue weighted by atomic mass is 35.5. The van der Waals surface area contributed by atoms with Crippen LogP contribution in [0.5, 0.6) is 0 Å². The lowest BCUT2D eigenvalue weighted by Crippen LogP contribution is -2.15. The van der Waals surface area contributed by atoms with Crippen LogP contribution in [0, 0.1) is 6.92 Å². The molecule has 0 fully saturated rings. The van der Waals surface area contributed by atoms with Gasteiger partial charge in [0.2, 0.25) is 5.91 Å². The number of amides is 1. The number of hydrogen-bond acceptors (Lipinski definition) is 5. The molecule has 4 rings (SSSR count). The van der Waals surface area contributed by atoms with Crippen LogP contribution in [0.2, 0.25) is 5.02 Å². The van der Waals surface area contributed by atoms with Gasteiger partial charge >= 0.3 is 0 Å². The lowest BCUT2D eigenvalue weighted by atomic mass is 10.2. The van der Waals surface area contributed by atoms with Crippen LogP contribution in [-0.4, -0.2) is 31.4 Å². The second-order valence-electron chi connectivity index (χ2n) is 6.49. The molecule has 0 unspecified atom stereocenters. The summed E-state index contributed by atoms with van der Waals surface area (Å²) in [5, 5.41) is 12.7. The number of para-hydroxylation sites is 2. The van der Waals surface area contributed by atoms with Crippen LogP contribution in [0.15, 0.2) is 78.2 Å². The third kappa shape index (κ3) is 4.37. The Morgan fingerprint density at radius 2 is 1.87 bits per heavy atom. The van der Waals surface area contributed by atoms with Crippen molar-refractivity contribution in [3.8, 4) is 17.1 Å². The molecule has 30 heavy (non-hydrogen) atoms. The van der Waals surface area contributed by atoms with Crippen molar-refractivity contribution in [2.24, 2.45) is 0 Å². The summed E-state index contributed by atoms with van der Waals surface area (Å²) in [5.41, 5.74) is 3.46. The van der Waals surface area contributed by atoms with E-state index in [4.69, 9.17) is 11.6 Å². The SMILES string of the molecule is Cc1ccccc1-n1c(SCC(=O)Nc2ccccc2Cl)nnc1-c1cccnc1. The fourth-order valence-electron chi connectivity index (χ4n) is 2.96. The second kappa shape index (κ2) is 9.11. The van der Waals surface area contributed by atoms with Crippen LogP contribution < -0.4 is 5.32 Å². The van der Waals surface area contributed by atoms with Gasteiger partial charge in [-0.3, -0.25) is 14.3 Å². The standard InChI is InChI=1S/C22H18ClN5OS/c1-15-7-2-5-11-19(15)28-21(16-8-6-12-24-13-16)26-27-22(28)30-14-20(29)25-18-10-4-3-9-17(18)23/h2-13H,14H2,1H3,(H,25,29). The Morgan fingerprint density at radius 1 is 1.07 bits per heavy atom.